The van der Waals surface area contributed by atoms with E-state index in [0.29, 0.717) is 13.3 Å². The second-order valence-corrected chi connectivity index (χ2v) is 9.29. The van der Waals surface area contributed by atoms with Gasteiger partial charge in [0.25, 0.3) is 5.91 Å². The lowest BCUT2D eigenvalue weighted by Crippen LogP contribution is -2.56. The highest BCUT2D eigenvalue weighted by Gasteiger charge is 2.57. The van der Waals surface area contributed by atoms with Gasteiger partial charge in [0.1, 0.15) is 6.17 Å². The Labute approximate surface area is 168 Å². The van der Waals surface area contributed by atoms with Crippen LogP contribution >= 0.6 is 0 Å². The summed E-state index contributed by atoms with van der Waals surface area (Å²) in [5, 5.41) is 13.0. The summed E-state index contributed by atoms with van der Waals surface area (Å²) in [6, 6.07) is 3.76. The Morgan fingerprint density at radius 1 is 1.21 bits per heavy atom. The quantitative estimate of drug-likeness (QED) is 0.725. The Morgan fingerprint density at radius 2 is 1.86 bits per heavy atom. The summed E-state index contributed by atoms with van der Waals surface area (Å²) in [6.45, 7) is 6.97. The molecular formula is C21H28F4N2O2. The second kappa shape index (κ2) is 7.23. The number of hydrogen-bond acceptors (Lipinski definition) is 3. The van der Waals surface area contributed by atoms with Gasteiger partial charge in [-0.2, -0.15) is 13.2 Å². The topological polar surface area (TPSA) is 52.6 Å². The molecule has 1 aromatic rings. The predicted molar refractivity (Wildman–Crippen MR) is 101 cm³/mol. The van der Waals surface area contributed by atoms with Gasteiger partial charge in [0.05, 0.1) is 0 Å². The van der Waals surface area contributed by atoms with Crippen molar-refractivity contribution in [3.63, 3.8) is 0 Å². The number of rotatable bonds is 2. The molecule has 1 amide bonds. The van der Waals surface area contributed by atoms with E-state index < -0.39 is 23.9 Å². The van der Waals surface area contributed by atoms with Gasteiger partial charge in [-0.05, 0) is 47.4 Å². The first-order valence-corrected chi connectivity index (χ1v) is 9.84. The number of aliphatic hydroxyl groups is 1. The number of fused-ring (bicyclic) bond motifs is 1. The highest BCUT2D eigenvalue weighted by Crippen LogP contribution is 2.38. The Bertz CT molecular complexity index is 799. The summed E-state index contributed by atoms with van der Waals surface area (Å²) >= 11 is 0. The molecule has 2 aliphatic rings. The largest absolute Gasteiger partial charge is 0.426 e. The zero-order valence-electron chi connectivity index (χ0n) is 17.2. The van der Waals surface area contributed by atoms with E-state index in [2.05, 4.69) is 26.1 Å². The Balaban J connectivity index is 2.00. The molecule has 0 radical (unpaired) electrons. The van der Waals surface area contributed by atoms with Crippen LogP contribution in [0.15, 0.2) is 12.1 Å². The summed E-state index contributed by atoms with van der Waals surface area (Å²) in [5.41, 5.74) is 0.0272. The molecule has 2 heterocycles. The number of benzene rings is 1. The third-order valence-corrected chi connectivity index (χ3v) is 5.95. The zero-order chi connectivity index (χ0) is 21.8. The average Bonchev–Trinajstić information content (AvgIpc) is 3.04. The van der Waals surface area contributed by atoms with Crippen molar-refractivity contribution in [3.05, 3.63) is 34.4 Å². The summed E-state index contributed by atoms with van der Waals surface area (Å²) in [5.74, 6) is -1.36. The van der Waals surface area contributed by atoms with Crippen LogP contribution in [0.3, 0.4) is 0 Å². The number of nitrogens with zero attached hydrogens (tertiary/aromatic N) is 1. The zero-order valence-corrected chi connectivity index (χ0v) is 17.2. The molecule has 8 heteroatoms. The van der Waals surface area contributed by atoms with Crippen LogP contribution in [0, 0.1) is 0 Å². The molecule has 1 saturated heterocycles. The molecule has 0 aliphatic carbocycles. The van der Waals surface area contributed by atoms with Crippen molar-refractivity contribution >= 4 is 5.91 Å². The van der Waals surface area contributed by atoms with Gasteiger partial charge in [-0.15, -0.1) is 0 Å². The normalized spacial score (nSPS) is 24.9. The van der Waals surface area contributed by atoms with Crippen molar-refractivity contribution in [2.24, 2.45) is 0 Å². The summed E-state index contributed by atoms with van der Waals surface area (Å²) in [7, 11) is 0. The Hall–Kier alpha value is -1.67. The summed E-state index contributed by atoms with van der Waals surface area (Å²) < 4.78 is 53.2. The number of amides is 1. The lowest BCUT2D eigenvalue weighted by Gasteiger charge is -2.37. The highest BCUT2D eigenvalue weighted by molar-refractivity contribution is 5.85. The van der Waals surface area contributed by atoms with Gasteiger partial charge in [0.2, 0.25) is 5.60 Å². The van der Waals surface area contributed by atoms with Crippen LogP contribution < -0.4 is 5.32 Å². The average molecular weight is 416 g/mol. The van der Waals surface area contributed by atoms with Crippen molar-refractivity contribution in [3.8, 4) is 0 Å². The third-order valence-electron chi connectivity index (χ3n) is 5.95. The molecule has 0 unspecified atom stereocenters. The van der Waals surface area contributed by atoms with Crippen molar-refractivity contribution in [1.82, 2.24) is 10.2 Å². The van der Waals surface area contributed by atoms with E-state index in [9.17, 15) is 27.5 Å². The van der Waals surface area contributed by atoms with E-state index >= 15 is 0 Å². The van der Waals surface area contributed by atoms with E-state index in [1.54, 1.807) is 0 Å². The molecule has 2 N–H and O–H groups in total. The van der Waals surface area contributed by atoms with E-state index in [1.165, 1.54) is 0 Å². The Morgan fingerprint density at radius 3 is 2.38 bits per heavy atom. The maximum absolute atomic E-state index is 13.8. The van der Waals surface area contributed by atoms with Crippen LogP contribution in [-0.2, 0) is 23.2 Å². The first-order chi connectivity index (χ1) is 13.2. The molecule has 0 spiro atoms. The Kier molecular flexibility index (Phi) is 5.49. The number of nitrogens with one attached hydrogen (secondary N) is 1. The van der Waals surface area contributed by atoms with Gasteiger partial charge in [-0.1, -0.05) is 32.9 Å². The van der Waals surface area contributed by atoms with E-state index in [-0.39, 0.29) is 37.5 Å². The summed E-state index contributed by atoms with van der Waals surface area (Å²) in [4.78, 5) is 13.5. The smallest absolute Gasteiger partial charge is 0.373 e. The fourth-order valence-electron chi connectivity index (χ4n) is 3.97. The number of carbonyl (C=O) groups is 1. The van der Waals surface area contributed by atoms with Crippen LogP contribution in [0.4, 0.5) is 17.6 Å². The maximum atomic E-state index is 13.8. The second-order valence-electron chi connectivity index (χ2n) is 9.29. The molecule has 29 heavy (non-hydrogen) atoms. The van der Waals surface area contributed by atoms with E-state index in [0.717, 1.165) is 27.2 Å². The molecule has 1 aromatic carbocycles. The van der Waals surface area contributed by atoms with Gasteiger partial charge in [-0.25, -0.2) is 4.39 Å². The van der Waals surface area contributed by atoms with Crippen molar-refractivity contribution < 1.29 is 27.5 Å². The minimum atomic E-state index is -5.06. The molecule has 0 aromatic heterocycles. The number of halogens is 4. The van der Waals surface area contributed by atoms with Crippen LogP contribution in [-0.4, -0.2) is 47.0 Å². The molecule has 3 rings (SSSR count). The van der Waals surface area contributed by atoms with E-state index in [1.807, 2.05) is 12.1 Å². The van der Waals surface area contributed by atoms with Gasteiger partial charge < -0.3 is 15.3 Å². The van der Waals surface area contributed by atoms with Gasteiger partial charge in [0.15, 0.2) is 0 Å². The number of carbonyl (C=O) groups excluding carboxylic acids is 1. The lowest BCUT2D eigenvalue weighted by molar-refractivity contribution is -0.250. The first-order valence-electron chi connectivity index (χ1n) is 9.84. The van der Waals surface area contributed by atoms with Gasteiger partial charge in [-0.3, -0.25) is 4.79 Å². The molecular weight excluding hydrogens is 388 g/mol. The van der Waals surface area contributed by atoms with Crippen LogP contribution in [0.1, 0.15) is 62.4 Å². The minimum absolute atomic E-state index is 0.0325. The minimum Gasteiger partial charge on any atom is -0.373 e. The molecule has 3 atom stereocenters. The molecule has 4 nitrogen and oxygen atoms in total. The monoisotopic (exact) mass is 416 g/mol. The van der Waals surface area contributed by atoms with Crippen LogP contribution in [0.5, 0.6) is 0 Å². The number of hydrogen-bond donors (Lipinski definition) is 2. The first kappa shape index (κ1) is 22.0. The van der Waals surface area contributed by atoms with Crippen molar-refractivity contribution in [2.45, 2.75) is 76.5 Å². The standard InChI is InChI=1S/C21H28F4N2O2/c1-19(2,3)13-7-12-5-6-27(18(28)20(4,29)21(23,24)25)11-16(12)15(8-13)17-9-14(22)10-26-17/h7-8,14,17,26,29H,5-6,9-11H2,1-4H3/t14-,17+,20+/m1/s1. The summed E-state index contributed by atoms with van der Waals surface area (Å²) in [6.07, 6.45) is -5.37. The fourth-order valence-corrected chi connectivity index (χ4v) is 3.97. The number of alkyl halides is 4. The van der Waals surface area contributed by atoms with Gasteiger partial charge in [0, 0.05) is 25.7 Å². The van der Waals surface area contributed by atoms with Gasteiger partial charge >= 0.3 is 6.18 Å². The maximum Gasteiger partial charge on any atom is 0.426 e. The molecule has 0 bridgehead atoms. The fraction of sp³-hybridized carbons (Fsp3) is 0.667. The van der Waals surface area contributed by atoms with E-state index in [4.69, 9.17) is 0 Å². The molecule has 162 valence electrons. The molecule has 1 fully saturated rings. The SMILES string of the molecule is CC(C)(C)c1cc2c(c([C@@H]3C[C@@H](F)CN3)c1)CN(C(=O)[C@](C)(O)C(F)(F)F)CC2. The molecule has 2 aliphatic heterocycles. The lowest BCUT2D eigenvalue weighted by atomic mass is 9.80. The van der Waals surface area contributed by atoms with Crippen LogP contribution in [0.25, 0.3) is 0 Å². The molecule has 0 saturated carbocycles. The van der Waals surface area contributed by atoms with Crippen LogP contribution in [0.2, 0.25) is 0 Å². The van der Waals surface area contributed by atoms with Crippen molar-refractivity contribution in [2.75, 3.05) is 13.1 Å². The highest BCUT2D eigenvalue weighted by atomic mass is 19.4. The predicted octanol–water partition coefficient (Wildman–Crippen LogP) is 3.55. The third kappa shape index (κ3) is 4.14. The van der Waals surface area contributed by atoms with Crippen molar-refractivity contribution in [1.29, 1.82) is 0 Å².